The van der Waals surface area contributed by atoms with Gasteiger partial charge in [-0.3, -0.25) is 0 Å². The minimum Gasteiger partial charge on any atom is -0.233 e. The molecule has 0 unspecified atom stereocenters. The first-order valence-corrected chi connectivity index (χ1v) is 10.4. The molecule has 2 aromatic carbocycles. The van der Waals surface area contributed by atoms with Gasteiger partial charge in [0.15, 0.2) is 10.0 Å². The van der Waals surface area contributed by atoms with Crippen molar-refractivity contribution in [3.8, 4) is 32.5 Å². The van der Waals surface area contributed by atoms with Crippen LogP contribution >= 0.6 is 22.7 Å². The molecular formula is C22H20N2S2. The van der Waals surface area contributed by atoms with Crippen LogP contribution in [0.3, 0.4) is 0 Å². The maximum Gasteiger partial charge on any atom is 0.153 e. The number of hydrogen-bond donors (Lipinski definition) is 0. The molecule has 0 spiro atoms. The molecule has 0 fully saturated rings. The van der Waals surface area contributed by atoms with Gasteiger partial charge in [0.05, 0.1) is 11.4 Å². The second-order valence-corrected chi connectivity index (χ2v) is 8.44. The number of aryl methyl sites for hydroxylation is 3. The Morgan fingerprint density at radius 1 is 0.808 bits per heavy atom. The van der Waals surface area contributed by atoms with E-state index in [1.165, 1.54) is 21.6 Å². The first-order chi connectivity index (χ1) is 12.6. The Balaban J connectivity index is 1.65. The van der Waals surface area contributed by atoms with Crippen molar-refractivity contribution in [1.82, 2.24) is 9.97 Å². The average Bonchev–Trinajstić information content (AvgIpc) is 3.29. The molecule has 0 saturated heterocycles. The zero-order chi connectivity index (χ0) is 18.1. The summed E-state index contributed by atoms with van der Waals surface area (Å²) < 4.78 is 0. The summed E-state index contributed by atoms with van der Waals surface area (Å²) in [6, 6.07) is 17.2. The van der Waals surface area contributed by atoms with Crippen molar-refractivity contribution in [3.63, 3.8) is 0 Å². The molecule has 2 aromatic heterocycles. The number of benzene rings is 2. The molecule has 0 radical (unpaired) electrons. The van der Waals surface area contributed by atoms with Gasteiger partial charge in [-0.15, -0.1) is 22.7 Å². The lowest BCUT2D eigenvalue weighted by Gasteiger charge is -1.99. The summed E-state index contributed by atoms with van der Waals surface area (Å²) in [5, 5.41) is 4.11. The SMILES string of the molecule is CCc1ccc(-c2csc(-c3nc(-c4ccc(C)cc4)c(C)s3)n2)cc1. The summed E-state index contributed by atoms with van der Waals surface area (Å²) in [5.74, 6) is 0. The normalized spacial score (nSPS) is 11.0. The molecule has 0 aliphatic heterocycles. The molecule has 0 atom stereocenters. The minimum absolute atomic E-state index is 0.992. The van der Waals surface area contributed by atoms with E-state index >= 15 is 0 Å². The van der Waals surface area contributed by atoms with Crippen LogP contribution in [0.15, 0.2) is 53.9 Å². The average molecular weight is 377 g/mol. The third-order valence-corrected chi connectivity index (χ3v) is 6.42. The van der Waals surface area contributed by atoms with Gasteiger partial charge in [0, 0.05) is 21.4 Å². The highest BCUT2D eigenvalue weighted by Gasteiger charge is 2.14. The molecule has 26 heavy (non-hydrogen) atoms. The van der Waals surface area contributed by atoms with E-state index in [4.69, 9.17) is 9.97 Å². The molecule has 130 valence electrons. The van der Waals surface area contributed by atoms with E-state index in [-0.39, 0.29) is 0 Å². The van der Waals surface area contributed by atoms with E-state index in [1.807, 2.05) is 0 Å². The minimum atomic E-state index is 0.992. The van der Waals surface area contributed by atoms with Gasteiger partial charge in [-0.2, -0.15) is 0 Å². The Kier molecular flexibility index (Phi) is 4.70. The number of nitrogens with zero attached hydrogens (tertiary/aromatic N) is 2. The summed E-state index contributed by atoms with van der Waals surface area (Å²) in [6.07, 6.45) is 1.06. The third kappa shape index (κ3) is 3.35. The lowest BCUT2D eigenvalue weighted by Crippen LogP contribution is -1.83. The Hall–Kier alpha value is -2.30. The van der Waals surface area contributed by atoms with Crippen LogP contribution in [-0.4, -0.2) is 9.97 Å². The standard InChI is InChI=1S/C22H20N2S2/c1-4-16-7-11-17(12-8-16)19-13-25-21(23-19)22-24-20(15(3)26-22)18-9-5-14(2)6-10-18/h5-13H,4H2,1-3H3. The van der Waals surface area contributed by atoms with Crippen LogP contribution in [-0.2, 0) is 6.42 Å². The van der Waals surface area contributed by atoms with Gasteiger partial charge >= 0.3 is 0 Å². The van der Waals surface area contributed by atoms with Crippen LogP contribution < -0.4 is 0 Å². The Morgan fingerprint density at radius 3 is 2.19 bits per heavy atom. The van der Waals surface area contributed by atoms with Crippen LogP contribution in [0.1, 0.15) is 22.9 Å². The molecule has 2 heterocycles. The van der Waals surface area contributed by atoms with E-state index in [0.29, 0.717) is 0 Å². The van der Waals surface area contributed by atoms with E-state index in [0.717, 1.165) is 33.4 Å². The summed E-state index contributed by atoms with van der Waals surface area (Å²) in [7, 11) is 0. The summed E-state index contributed by atoms with van der Waals surface area (Å²) in [4.78, 5) is 10.9. The molecular weight excluding hydrogens is 356 g/mol. The first kappa shape index (κ1) is 17.1. The van der Waals surface area contributed by atoms with Crippen molar-refractivity contribution >= 4 is 22.7 Å². The lowest BCUT2D eigenvalue weighted by atomic mass is 10.1. The van der Waals surface area contributed by atoms with Crippen LogP contribution in [0.25, 0.3) is 32.5 Å². The van der Waals surface area contributed by atoms with Gasteiger partial charge in [-0.05, 0) is 25.8 Å². The van der Waals surface area contributed by atoms with Crippen molar-refractivity contribution in [2.45, 2.75) is 27.2 Å². The first-order valence-electron chi connectivity index (χ1n) is 8.73. The summed E-state index contributed by atoms with van der Waals surface area (Å²) >= 11 is 3.38. The van der Waals surface area contributed by atoms with Gasteiger partial charge in [-0.1, -0.05) is 61.0 Å². The van der Waals surface area contributed by atoms with Crippen LogP contribution in [0.4, 0.5) is 0 Å². The highest BCUT2D eigenvalue weighted by atomic mass is 32.1. The Labute approximate surface area is 162 Å². The molecule has 4 aromatic rings. The van der Waals surface area contributed by atoms with Gasteiger partial charge in [-0.25, -0.2) is 9.97 Å². The molecule has 4 heteroatoms. The zero-order valence-electron chi connectivity index (χ0n) is 15.1. The van der Waals surface area contributed by atoms with Gasteiger partial charge in [0.1, 0.15) is 0 Å². The molecule has 0 aliphatic rings. The van der Waals surface area contributed by atoms with Crippen LogP contribution in [0, 0.1) is 13.8 Å². The van der Waals surface area contributed by atoms with E-state index < -0.39 is 0 Å². The van der Waals surface area contributed by atoms with Crippen LogP contribution in [0.5, 0.6) is 0 Å². The summed E-state index contributed by atoms with van der Waals surface area (Å²) in [6.45, 7) is 6.41. The number of aromatic nitrogens is 2. The molecule has 0 N–H and O–H groups in total. The quantitative estimate of drug-likeness (QED) is 0.392. The van der Waals surface area contributed by atoms with Crippen molar-refractivity contribution < 1.29 is 0 Å². The fraction of sp³-hybridized carbons (Fsp3) is 0.182. The van der Waals surface area contributed by atoms with E-state index in [1.54, 1.807) is 22.7 Å². The molecule has 4 rings (SSSR count). The maximum absolute atomic E-state index is 4.88. The predicted octanol–water partition coefficient (Wildman–Crippen LogP) is 6.78. The van der Waals surface area contributed by atoms with Crippen molar-refractivity contribution in [3.05, 3.63) is 69.9 Å². The van der Waals surface area contributed by atoms with Gasteiger partial charge in [0.25, 0.3) is 0 Å². The Bertz CT molecular complexity index is 1020. The molecule has 0 aliphatic carbocycles. The molecule has 0 amide bonds. The predicted molar refractivity (Wildman–Crippen MR) is 113 cm³/mol. The fourth-order valence-electron chi connectivity index (χ4n) is 2.88. The smallest absolute Gasteiger partial charge is 0.153 e. The van der Waals surface area contributed by atoms with Gasteiger partial charge in [0.2, 0.25) is 0 Å². The topological polar surface area (TPSA) is 25.8 Å². The fourth-order valence-corrected chi connectivity index (χ4v) is 4.68. The van der Waals surface area contributed by atoms with E-state index in [9.17, 15) is 0 Å². The maximum atomic E-state index is 4.88. The molecule has 0 saturated carbocycles. The summed E-state index contributed by atoms with van der Waals surface area (Å²) in [5.41, 5.74) is 7.04. The largest absolute Gasteiger partial charge is 0.233 e. The monoisotopic (exact) mass is 376 g/mol. The van der Waals surface area contributed by atoms with Gasteiger partial charge < -0.3 is 0 Å². The van der Waals surface area contributed by atoms with Crippen LogP contribution in [0.2, 0.25) is 0 Å². The number of hydrogen-bond acceptors (Lipinski definition) is 4. The highest BCUT2D eigenvalue weighted by Crippen LogP contribution is 2.36. The van der Waals surface area contributed by atoms with Crippen molar-refractivity contribution in [2.24, 2.45) is 0 Å². The molecule has 2 nitrogen and oxygen atoms in total. The Morgan fingerprint density at radius 2 is 1.50 bits per heavy atom. The molecule has 0 bridgehead atoms. The lowest BCUT2D eigenvalue weighted by molar-refractivity contribution is 1.14. The van der Waals surface area contributed by atoms with E-state index in [2.05, 4.69) is 74.7 Å². The third-order valence-electron chi connectivity index (χ3n) is 4.47. The highest BCUT2D eigenvalue weighted by molar-refractivity contribution is 7.21. The van der Waals surface area contributed by atoms with Crippen molar-refractivity contribution in [2.75, 3.05) is 0 Å². The zero-order valence-corrected chi connectivity index (χ0v) is 16.7. The second-order valence-electron chi connectivity index (χ2n) is 6.38. The second kappa shape index (κ2) is 7.14. The number of rotatable bonds is 4. The number of thiazole rings is 2. The van der Waals surface area contributed by atoms with Crippen molar-refractivity contribution in [1.29, 1.82) is 0 Å².